The van der Waals surface area contributed by atoms with Crippen LogP contribution in [0.2, 0.25) is 0 Å². The third-order valence-electron chi connectivity index (χ3n) is 4.42. The molecule has 2 atom stereocenters. The third-order valence-corrected chi connectivity index (χ3v) is 4.42. The second-order valence-electron chi connectivity index (χ2n) is 5.87. The van der Waals surface area contributed by atoms with Gasteiger partial charge in [-0.05, 0) is 29.9 Å². The van der Waals surface area contributed by atoms with Gasteiger partial charge >= 0.3 is 5.97 Å². The third kappa shape index (κ3) is 2.93. The standard InChI is InChI=1S/C16H20N2O3/c19-14(20)9-11-6-8-18(10-11)16(21)15-13-4-2-1-3-12(13)5-7-17-15/h1-4,11,15,17H,5-10H2,(H,19,20). The molecular formula is C16H20N2O3. The molecule has 5 nitrogen and oxygen atoms in total. The van der Waals surface area contributed by atoms with Gasteiger partial charge in [-0.3, -0.25) is 9.59 Å². The molecule has 0 aliphatic carbocycles. The van der Waals surface area contributed by atoms with Crippen molar-refractivity contribution in [2.75, 3.05) is 19.6 Å². The summed E-state index contributed by atoms with van der Waals surface area (Å²) in [6.07, 6.45) is 1.88. The summed E-state index contributed by atoms with van der Waals surface area (Å²) in [6.45, 7) is 2.03. The quantitative estimate of drug-likeness (QED) is 0.877. The fraction of sp³-hybridized carbons (Fsp3) is 0.500. The number of nitrogens with one attached hydrogen (secondary N) is 1. The van der Waals surface area contributed by atoms with Crippen molar-refractivity contribution in [1.82, 2.24) is 10.2 Å². The Hall–Kier alpha value is -1.88. The summed E-state index contributed by atoms with van der Waals surface area (Å²) in [5.41, 5.74) is 2.30. The molecule has 1 aromatic rings. The number of hydrogen-bond donors (Lipinski definition) is 2. The van der Waals surface area contributed by atoms with Gasteiger partial charge in [-0.1, -0.05) is 24.3 Å². The molecule has 112 valence electrons. The van der Waals surface area contributed by atoms with Crippen LogP contribution < -0.4 is 5.32 Å². The van der Waals surface area contributed by atoms with E-state index in [0.717, 1.165) is 24.9 Å². The van der Waals surface area contributed by atoms with Crippen LogP contribution in [0, 0.1) is 5.92 Å². The molecule has 0 spiro atoms. The first-order valence-corrected chi connectivity index (χ1v) is 7.47. The van der Waals surface area contributed by atoms with Crippen molar-refractivity contribution < 1.29 is 14.7 Å². The van der Waals surface area contributed by atoms with E-state index in [-0.39, 0.29) is 24.3 Å². The predicted octanol–water partition coefficient (Wildman–Crippen LogP) is 1.20. The molecule has 0 saturated carbocycles. The number of nitrogens with zero attached hydrogens (tertiary/aromatic N) is 1. The van der Waals surface area contributed by atoms with E-state index in [9.17, 15) is 9.59 Å². The Labute approximate surface area is 123 Å². The minimum atomic E-state index is -0.782. The Balaban J connectivity index is 1.71. The van der Waals surface area contributed by atoms with Crippen LogP contribution in [-0.4, -0.2) is 41.5 Å². The Morgan fingerprint density at radius 1 is 1.33 bits per heavy atom. The highest BCUT2D eigenvalue weighted by Gasteiger charge is 2.34. The molecule has 21 heavy (non-hydrogen) atoms. The molecule has 1 aromatic carbocycles. The zero-order valence-electron chi connectivity index (χ0n) is 11.9. The molecule has 1 fully saturated rings. The van der Waals surface area contributed by atoms with Crippen molar-refractivity contribution in [3.8, 4) is 0 Å². The highest BCUT2D eigenvalue weighted by atomic mass is 16.4. The first kappa shape index (κ1) is 14.1. The number of carboxylic acid groups (broad SMARTS) is 1. The second-order valence-corrected chi connectivity index (χ2v) is 5.87. The molecule has 2 heterocycles. The van der Waals surface area contributed by atoms with Crippen LogP contribution in [0.4, 0.5) is 0 Å². The van der Waals surface area contributed by atoms with Crippen LogP contribution in [0.25, 0.3) is 0 Å². The molecule has 2 unspecified atom stereocenters. The van der Waals surface area contributed by atoms with Crippen molar-refractivity contribution >= 4 is 11.9 Å². The highest BCUT2D eigenvalue weighted by Crippen LogP contribution is 2.27. The van der Waals surface area contributed by atoms with Crippen molar-refractivity contribution in [1.29, 1.82) is 0 Å². The smallest absolute Gasteiger partial charge is 0.303 e. The summed E-state index contributed by atoms with van der Waals surface area (Å²) in [6, 6.07) is 7.77. The molecule has 2 N–H and O–H groups in total. The maximum Gasteiger partial charge on any atom is 0.303 e. The van der Waals surface area contributed by atoms with Gasteiger partial charge in [0.05, 0.1) is 0 Å². The number of amides is 1. The molecule has 0 radical (unpaired) electrons. The van der Waals surface area contributed by atoms with E-state index in [1.54, 1.807) is 0 Å². The molecule has 2 aliphatic heterocycles. The lowest BCUT2D eigenvalue weighted by Gasteiger charge is -2.29. The number of carbonyl (C=O) groups is 2. The highest BCUT2D eigenvalue weighted by molar-refractivity contribution is 5.84. The van der Waals surface area contributed by atoms with E-state index in [0.29, 0.717) is 13.1 Å². The Morgan fingerprint density at radius 3 is 2.95 bits per heavy atom. The molecule has 1 amide bonds. The Kier molecular flexibility index (Phi) is 3.92. The average molecular weight is 288 g/mol. The van der Waals surface area contributed by atoms with Crippen molar-refractivity contribution in [3.63, 3.8) is 0 Å². The number of carbonyl (C=O) groups excluding carboxylic acids is 1. The second kappa shape index (κ2) is 5.85. The molecule has 0 bridgehead atoms. The van der Waals surface area contributed by atoms with Crippen molar-refractivity contribution in [3.05, 3.63) is 35.4 Å². The SMILES string of the molecule is O=C(O)CC1CCN(C(=O)C2NCCc3ccccc32)C1. The van der Waals surface area contributed by atoms with E-state index < -0.39 is 5.97 Å². The fourth-order valence-corrected chi connectivity index (χ4v) is 3.35. The zero-order valence-corrected chi connectivity index (χ0v) is 11.9. The van der Waals surface area contributed by atoms with Crippen LogP contribution in [0.15, 0.2) is 24.3 Å². The minimum Gasteiger partial charge on any atom is -0.481 e. The number of likely N-dealkylation sites (tertiary alicyclic amines) is 1. The number of benzene rings is 1. The van der Waals surface area contributed by atoms with Crippen LogP contribution in [0.3, 0.4) is 0 Å². The number of hydrogen-bond acceptors (Lipinski definition) is 3. The monoisotopic (exact) mass is 288 g/mol. The van der Waals surface area contributed by atoms with E-state index in [1.165, 1.54) is 5.56 Å². The summed E-state index contributed by atoms with van der Waals surface area (Å²) in [4.78, 5) is 25.3. The largest absolute Gasteiger partial charge is 0.481 e. The molecule has 5 heteroatoms. The molecule has 1 saturated heterocycles. The first-order chi connectivity index (χ1) is 10.1. The maximum atomic E-state index is 12.7. The van der Waals surface area contributed by atoms with Gasteiger partial charge in [0.25, 0.3) is 0 Å². The summed E-state index contributed by atoms with van der Waals surface area (Å²) >= 11 is 0. The molecule has 2 aliphatic rings. The lowest BCUT2D eigenvalue weighted by Crippen LogP contribution is -2.43. The normalized spacial score (nSPS) is 24.7. The van der Waals surface area contributed by atoms with Gasteiger partial charge in [0, 0.05) is 26.1 Å². The van der Waals surface area contributed by atoms with E-state index >= 15 is 0 Å². The van der Waals surface area contributed by atoms with Crippen LogP contribution in [0.1, 0.15) is 30.0 Å². The molecule has 0 aromatic heterocycles. The lowest BCUT2D eigenvalue weighted by atomic mass is 9.93. The molecule has 3 rings (SSSR count). The van der Waals surface area contributed by atoms with E-state index in [4.69, 9.17) is 5.11 Å². The lowest BCUT2D eigenvalue weighted by molar-refractivity contribution is -0.138. The first-order valence-electron chi connectivity index (χ1n) is 7.47. The van der Waals surface area contributed by atoms with Crippen molar-refractivity contribution in [2.24, 2.45) is 5.92 Å². The number of aliphatic carboxylic acids is 1. The van der Waals surface area contributed by atoms with Gasteiger partial charge in [0.15, 0.2) is 0 Å². The zero-order chi connectivity index (χ0) is 14.8. The van der Waals surface area contributed by atoms with Gasteiger partial charge in [0.2, 0.25) is 5.91 Å². The number of rotatable bonds is 3. The number of carboxylic acids is 1. The Morgan fingerprint density at radius 2 is 2.14 bits per heavy atom. The summed E-state index contributed by atoms with van der Waals surface area (Å²) in [7, 11) is 0. The van der Waals surface area contributed by atoms with Gasteiger partial charge < -0.3 is 15.3 Å². The fourth-order valence-electron chi connectivity index (χ4n) is 3.35. The van der Waals surface area contributed by atoms with Crippen LogP contribution in [-0.2, 0) is 16.0 Å². The molecular weight excluding hydrogens is 268 g/mol. The summed E-state index contributed by atoms with van der Waals surface area (Å²) in [5, 5.41) is 12.2. The minimum absolute atomic E-state index is 0.0787. The van der Waals surface area contributed by atoms with Crippen molar-refractivity contribution in [2.45, 2.75) is 25.3 Å². The number of fused-ring (bicyclic) bond motifs is 1. The Bertz CT molecular complexity index is 558. The summed E-state index contributed by atoms with van der Waals surface area (Å²) < 4.78 is 0. The van der Waals surface area contributed by atoms with Crippen LogP contribution in [0.5, 0.6) is 0 Å². The van der Waals surface area contributed by atoms with Crippen LogP contribution >= 0.6 is 0 Å². The van der Waals surface area contributed by atoms with E-state index in [1.807, 2.05) is 23.1 Å². The topological polar surface area (TPSA) is 69.6 Å². The van der Waals surface area contributed by atoms with E-state index in [2.05, 4.69) is 11.4 Å². The predicted molar refractivity (Wildman–Crippen MR) is 77.8 cm³/mol. The van der Waals surface area contributed by atoms with Gasteiger partial charge in [0.1, 0.15) is 6.04 Å². The van der Waals surface area contributed by atoms with Gasteiger partial charge in [-0.2, -0.15) is 0 Å². The van der Waals surface area contributed by atoms with Gasteiger partial charge in [-0.15, -0.1) is 0 Å². The average Bonchev–Trinajstić information content (AvgIpc) is 2.93. The van der Waals surface area contributed by atoms with Gasteiger partial charge in [-0.25, -0.2) is 0 Å². The summed E-state index contributed by atoms with van der Waals surface area (Å²) in [5.74, 6) is -0.615. The maximum absolute atomic E-state index is 12.7.